The normalized spacial score (nSPS) is 20.0. The van der Waals surface area contributed by atoms with Gasteiger partial charge >= 0.3 is 0 Å². The van der Waals surface area contributed by atoms with E-state index in [0.29, 0.717) is 24.2 Å². The van der Waals surface area contributed by atoms with Gasteiger partial charge in [0.25, 0.3) is 0 Å². The van der Waals surface area contributed by atoms with Crippen molar-refractivity contribution in [3.8, 4) is 28.7 Å². The van der Waals surface area contributed by atoms with Crippen LogP contribution >= 0.6 is 0 Å². The molecular weight excluding hydrogens is 460 g/mol. The summed E-state index contributed by atoms with van der Waals surface area (Å²) in [6.07, 6.45) is 1.01. The van der Waals surface area contributed by atoms with Crippen molar-refractivity contribution in [1.82, 2.24) is 0 Å². The summed E-state index contributed by atoms with van der Waals surface area (Å²) >= 11 is 0. The van der Waals surface area contributed by atoms with Crippen LogP contribution in [0.15, 0.2) is 65.9 Å². The number of hydrogen-bond acceptors (Lipinski definition) is 8. The minimum Gasteiger partial charge on any atom is -0.502 e. The van der Waals surface area contributed by atoms with Gasteiger partial charge in [-0.1, -0.05) is 18.2 Å². The number of fused-ring (bicyclic) bond motifs is 2. The highest BCUT2D eigenvalue weighted by atomic mass is 16.7. The molecule has 2 aliphatic heterocycles. The number of para-hydroxylation sites is 2. The SMILES string of the molecule is COc1cc([C@@H]2Nc3ccccc3NC3=C2C(=O)C[C@@H](c2ccc4c(c2)OCO4)C3)cc(OC)c1O. The number of allylic oxidation sites excluding steroid dienone is 1. The van der Waals surface area contributed by atoms with Crippen LogP contribution in [0.4, 0.5) is 11.4 Å². The summed E-state index contributed by atoms with van der Waals surface area (Å²) in [5.41, 5.74) is 5.08. The first-order valence-corrected chi connectivity index (χ1v) is 11.8. The zero-order valence-corrected chi connectivity index (χ0v) is 20.0. The fourth-order valence-electron chi connectivity index (χ4n) is 5.23. The van der Waals surface area contributed by atoms with E-state index >= 15 is 0 Å². The van der Waals surface area contributed by atoms with Gasteiger partial charge in [0.1, 0.15) is 0 Å². The molecule has 0 bridgehead atoms. The zero-order chi connectivity index (χ0) is 24.8. The summed E-state index contributed by atoms with van der Waals surface area (Å²) in [6, 6.07) is 16.8. The van der Waals surface area contributed by atoms with Crippen molar-refractivity contribution in [1.29, 1.82) is 0 Å². The fraction of sp³-hybridized carbons (Fsp3) is 0.250. The number of aromatic hydroxyl groups is 1. The van der Waals surface area contributed by atoms with E-state index in [-0.39, 0.29) is 35.7 Å². The average Bonchev–Trinajstić information content (AvgIpc) is 3.29. The third-order valence-electron chi connectivity index (χ3n) is 7.01. The van der Waals surface area contributed by atoms with Crippen molar-refractivity contribution < 1.29 is 28.8 Å². The second-order valence-electron chi connectivity index (χ2n) is 9.06. The van der Waals surface area contributed by atoms with E-state index < -0.39 is 6.04 Å². The number of nitrogens with one attached hydrogen (secondary N) is 2. The first kappa shape index (κ1) is 22.2. The summed E-state index contributed by atoms with van der Waals surface area (Å²) < 4.78 is 21.8. The van der Waals surface area contributed by atoms with E-state index in [4.69, 9.17) is 18.9 Å². The molecule has 36 heavy (non-hydrogen) atoms. The Morgan fingerprint density at radius 1 is 0.889 bits per heavy atom. The van der Waals surface area contributed by atoms with Crippen molar-refractivity contribution in [3.63, 3.8) is 0 Å². The highest BCUT2D eigenvalue weighted by molar-refractivity contribution is 6.01. The van der Waals surface area contributed by atoms with Crippen molar-refractivity contribution in [2.75, 3.05) is 31.6 Å². The topological polar surface area (TPSA) is 98.3 Å². The van der Waals surface area contributed by atoms with Gasteiger partial charge in [0.15, 0.2) is 28.8 Å². The molecule has 0 saturated heterocycles. The van der Waals surface area contributed by atoms with Gasteiger partial charge in [0.05, 0.1) is 31.6 Å². The number of benzene rings is 3. The number of Topliss-reactive ketones (excluding diaryl/α,β-unsaturated/α-hetero) is 1. The Kier molecular flexibility index (Phi) is 5.36. The van der Waals surface area contributed by atoms with Crippen molar-refractivity contribution >= 4 is 17.2 Å². The highest BCUT2D eigenvalue weighted by Crippen LogP contribution is 2.47. The van der Waals surface area contributed by atoms with Crippen LogP contribution in [0, 0.1) is 0 Å². The van der Waals surface area contributed by atoms with Crippen LogP contribution in [0.1, 0.15) is 35.9 Å². The van der Waals surface area contributed by atoms with E-state index in [1.165, 1.54) is 14.2 Å². The summed E-state index contributed by atoms with van der Waals surface area (Å²) in [4.78, 5) is 13.8. The maximum atomic E-state index is 13.8. The lowest BCUT2D eigenvalue weighted by molar-refractivity contribution is -0.116. The molecule has 0 unspecified atom stereocenters. The highest BCUT2D eigenvalue weighted by Gasteiger charge is 2.37. The molecule has 1 aliphatic carbocycles. The van der Waals surface area contributed by atoms with Crippen LogP contribution < -0.4 is 29.6 Å². The number of ketones is 1. The smallest absolute Gasteiger partial charge is 0.231 e. The molecule has 184 valence electrons. The Morgan fingerprint density at radius 2 is 1.61 bits per heavy atom. The number of phenolic OH excluding ortho intramolecular Hbond substituents is 1. The number of hydrogen-bond donors (Lipinski definition) is 3. The lowest BCUT2D eigenvalue weighted by atomic mass is 9.78. The third kappa shape index (κ3) is 3.66. The van der Waals surface area contributed by atoms with Crippen molar-refractivity contribution in [2.45, 2.75) is 24.8 Å². The van der Waals surface area contributed by atoms with E-state index in [1.54, 1.807) is 12.1 Å². The van der Waals surface area contributed by atoms with Gasteiger partial charge in [-0.25, -0.2) is 0 Å². The van der Waals surface area contributed by atoms with Crippen LogP contribution in [0.5, 0.6) is 28.7 Å². The molecule has 2 atom stereocenters. The van der Waals surface area contributed by atoms with Gasteiger partial charge < -0.3 is 34.7 Å². The summed E-state index contributed by atoms with van der Waals surface area (Å²) in [6.45, 7) is 0.211. The first-order valence-electron chi connectivity index (χ1n) is 11.8. The molecule has 6 rings (SSSR count). The zero-order valence-electron chi connectivity index (χ0n) is 20.0. The molecule has 2 heterocycles. The molecule has 3 aromatic carbocycles. The molecule has 0 radical (unpaired) electrons. The van der Waals surface area contributed by atoms with Gasteiger partial charge in [-0.3, -0.25) is 4.79 Å². The Bertz CT molecular complexity index is 1370. The Balaban J connectivity index is 1.46. The Labute approximate surface area is 208 Å². The third-order valence-corrected chi connectivity index (χ3v) is 7.01. The van der Waals surface area contributed by atoms with Gasteiger partial charge in [-0.2, -0.15) is 0 Å². The number of carbonyl (C=O) groups is 1. The average molecular weight is 487 g/mol. The summed E-state index contributed by atoms with van der Waals surface area (Å²) in [5, 5.41) is 17.5. The predicted molar refractivity (Wildman–Crippen MR) is 134 cm³/mol. The minimum absolute atomic E-state index is 0.00643. The van der Waals surface area contributed by atoms with Crippen LogP contribution in [-0.2, 0) is 4.79 Å². The maximum Gasteiger partial charge on any atom is 0.231 e. The molecule has 3 aliphatic rings. The van der Waals surface area contributed by atoms with Crippen molar-refractivity contribution in [3.05, 3.63) is 77.0 Å². The Hall–Kier alpha value is -4.33. The molecule has 0 saturated carbocycles. The molecule has 3 N–H and O–H groups in total. The molecule has 8 heteroatoms. The van der Waals surface area contributed by atoms with Crippen LogP contribution in [0.2, 0.25) is 0 Å². The number of phenols is 1. The Morgan fingerprint density at radius 3 is 2.36 bits per heavy atom. The fourth-order valence-corrected chi connectivity index (χ4v) is 5.23. The van der Waals surface area contributed by atoms with E-state index in [0.717, 1.165) is 33.9 Å². The molecule has 0 spiro atoms. The number of carbonyl (C=O) groups excluding carboxylic acids is 1. The maximum absolute atomic E-state index is 13.8. The van der Waals surface area contributed by atoms with Crippen LogP contribution in [0.25, 0.3) is 0 Å². The van der Waals surface area contributed by atoms with Gasteiger partial charge in [-0.05, 0) is 59.9 Å². The van der Waals surface area contributed by atoms with Gasteiger partial charge in [-0.15, -0.1) is 0 Å². The lowest BCUT2D eigenvalue weighted by Gasteiger charge is -2.30. The molecule has 0 amide bonds. The minimum atomic E-state index is -0.468. The van der Waals surface area contributed by atoms with E-state index in [1.807, 2.05) is 42.5 Å². The molecule has 3 aromatic rings. The summed E-state index contributed by atoms with van der Waals surface area (Å²) in [5.74, 6) is 1.95. The van der Waals surface area contributed by atoms with Crippen LogP contribution in [-0.4, -0.2) is 31.9 Å². The number of rotatable bonds is 4. The second-order valence-corrected chi connectivity index (χ2v) is 9.06. The molecule has 8 nitrogen and oxygen atoms in total. The predicted octanol–water partition coefficient (Wildman–Crippen LogP) is 5.12. The second kappa shape index (κ2) is 8.71. The largest absolute Gasteiger partial charge is 0.502 e. The quantitative estimate of drug-likeness (QED) is 0.468. The molecule has 0 aromatic heterocycles. The standard InChI is InChI=1S/C28H26N2O6/c1-33-24-12-17(13-25(34-2)28(24)32)27-26-20(29-18-5-3-4-6-19(18)30-27)9-16(10-21(26)31)15-7-8-22-23(11-15)36-14-35-22/h3-8,11-13,16,27,29-30,32H,9-10,14H2,1-2H3/t16-,27-/m0/s1. The number of methoxy groups -OCH3 is 2. The number of ether oxygens (including phenoxy) is 4. The first-order chi connectivity index (χ1) is 17.6. The molecular formula is C28H26N2O6. The monoisotopic (exact) mass is 486 g/mol. The van der Waals surface area contributed by atoms with Crippen molar-refractivity contribution in [2.24, 2.45) is 0 Å². The van der Waals surface area contributed by atoms with Gasteiger partial charge in [0.2, 0.25) is 12.5 Å². The van der Waals surface area contributed by atoms with Gasteiger partial charge in [0, 0.05) is 17.7 Å². The van der Waals surface area contributed by atoms with E-state index in [9.17, 15) is 9.90 Å². The number of anilines is 2. The summed E-state index contributed by atoms with van der Waals surface area (Å²) in [7, 11) is 2.98. The van der Waals surface area contributed by atoms with Crippen LogP contribution in [0.3, 0.4) is 0 Å². The molecule has 0 fully saturated rings. The van der Waals surface area contributed by atoms with E-state index in [2.05, 4.69) is 10.6 Å². The lowest BCUT2D eigenvalue weighted by Crippen LogP contribution is -2.27.